The molecular formula is C14H19N3O. The summed E-state index contributed by atoms with van der Waals surface area (Å²) in [6, 6.07) is 5.95. The predicted octanol–water partition coefficient (Wildman–Crippen LogP) is 1.53. The summed E-state index contributed by atoms with van der Waals surface area (Å²) in [5.74, 6) is 1.52. The zero-order valence-corrected chi connectivity index (χ0v) is 10.6. The Labute approximate surface area is 108 Å². The molecule has 0 saturated carbocycles. The molecule has 1 aromatic heterocycles. The van der Waals surface area contributed by atoms with Gasteiger partial charge in [-0.1, -0.05) is 6.07 Å². The lowest BCUT2D eigenvalue weighted by Crippen LogP contribution is -2.49. The normalized spacial score (nSPS) is 23.7. The van der Waals surface area contributed by atoms with Crippen LogP contribution in [0.5, 0.6) is 0 Å². The van der Waals surface area contributed by atoms with Crippen LogP contribution >= 0.6 is 0 Å². The van der Waals surface area contributed by atoms with E-state index in [2.05, 4.69) is 9.88 Å². The molecule has 1 atom stereocenters. The second-order valence-corrected chi connectivity index (χ2v) is 5.15. The average Bonchev–Trinajstić information content (AvgIpc) is 2.38. The predicted molar refractivity (Wildman–Crippen MR) is 70.4 cm³/mol. The molecule has 0 aromatic carbocycles. The standard InChI is InChI=1S/C14H19N3O/c18-14(16-9-4-10-16)12-5-3-8-17(11-12)13-6-1-2-7-15-13/h1-2,6-7,12H,3-5,8-11H2. The van der Waals surface area contributed by atoms with E-state index in [9.17, 15) is 4.79 Å². The third-order valence-corrected chi connectivity index (χ3v) is 3.91. The first-order chi connectivity index (χ1) is 8.84. The van der Waals surface area contributed by atoms with Crippen molar-refractivity contribution in [3.8, 4) is 0 Å². The molecule has 1 unspecified atom stereocenters. The molecule has 2 fully saturated rings. The Morgan fingerprint density at radius 2 is 2.11 bits per heavy atom. The van der Waals surface area contributed by atoms with E-state index in [1.165, 1.54) is 6.42 Å². The van der Waals surface area contributed by atoms with Crippen molar-refractivity contribution in [3.63, 3.8) is 0 Å². The number of hydrogen-bond acceptors (Lipinski definition) is 3. The van der Waals surface area contributed by atoms with Crippen molar-refractivity contribution in [2.24, 2.45) is 5.92 Å². The van der Waals surface area contributed by atoms with Crippen molar-refractivity contribution in [1.82, 2.24) is 9.88 Å². The maximum absolute atomic E-state index is 12.2. The van der Waals surface area contributed by atoms with E-state index in [1.54, 1.807) is 0 Å². The van der Waals surface area contributed by atoms with E-state index in [-0.39, 0.29) is 5.92 Å². The minimum Gasteiger partial charge on any atom is -0.356 e. The van der Waals surface area contributed by atoms with Gasteiger partial charge in [-0.3, -0.25) is 4.79 Å². The Morgan fingerprint density at radius 3 is 2.78 bits per heavy atom. The summed E-state index contributed by atoms with van der Waals surface area (Å²) in [6.45, 7) is 3.75. The number of amides is 1. The quantitative estimate of drug-likeness (QED) is 0.793. The monoisotopic (exact) mass is 245 g/mol. The average molecular weight is 245 g/mol. The number of hydrogen-bond donors (Lipinski definition) is 0. The van der Waals surface area contributed by atoms with Gasteiger partial charge in [0, 0.05) is 32.4 Å². The van der Waals surface area contributed by atoms with Gasteiger partial charge in [-0.25, -0.2) is 4.98 Å². The smallest absolute Gasteiger partial charge is 0.227 e. The van der Waals surface area contributed by atoms with Gasteiger partial charge in [0.25, 0.3) is 0 Å². The van der Waals surface area contributed by atoms with Crippen molar-refractivity contribution >= 4 is 11.7 Å². The van der Waals surface area contributed by atoms with Crippen molar-refractivity contribution < 1.29 is 4.79 Å². The molecule has 0 spiro atoms. The molecule has 0 radical (unpaired) electrons. The van der Waals surface area contributed by atoms with E-state index in [0.717, 1.165) is 44.8 Å². The highest BCUT2D eigenvalue weighted by atomic mass is 16.2. The van der Waals surface area contributed by atoms with E-state index >= 15 is 0 Å². The second kappa shape index (κ2) is 4.96. The Morgan fingerprint density at radius 1 is 1.22 bits per heavy atom. The molecule has 2 aliphatic heterocycles. The molecule has 96 valence electrons. The van der Waals surface area contributed by atoms with Crippen LogP contribution in [0.1, 0.15) is 19.3 Å². The van der Waals surface area contributed by atoms with E-state index in [0.29, 0.717) is 5.91 Å². The fourth-order valence-electron chi connectivity index (χ4n) is 2.72. The first-order valence-corrected chi connectivity index (χ1v) is 6.79. The van der Waals surface area contributed by atoms with Crippen molar-refractivity contribution in [2.75, 3.05) is 31.1 Å². The van der Waals surface area contributed by atoms with Gasteiger partial charge in [-0.15, -0.1) is 0 Å². The molecule has 1 amide bonds. The minimum absolute atomic E-state index is 0.168. The Balaban J connectivity index is 1.66. The van der Waals surface area contributed by atoms with Crippen LogP contribution in [-0.4, -0.2) is 42.0 Å². The highest BCUT2D eigenvalue weighted by molar-refractivity contribution is 5.80. The van der Waals surface area contributed by atoms with Gasteiger partial charge in [-0.2, -0.15) is 0 Å². The molecule has 3 rings (SSSR count). The molecule has 18 heavy (non-hydrogen) atoms. The molecule has 1 aromatic rings. The van der Waals surface area contributed by atoms with Crippen LogP contribution in [-0.2, 0) is 4.79 Å². The molecular weight excluding hydrogens is 226 g/mol. The number of carbonyl (C=O) groups is 1. The zero-order chi connectivity index (χ0) is 12.4. The summed E-state index contributed by atoms with van der Waals surface area (Å²) in [6.07, 6.45) is 5.10. The summed E-state index contributed by atoms with van der Waals surface area (Å²) in [5.41, 5.74) is 0. The molecule has 4 nitrogen and oxygen atoms in total. The minimum atomic E-state index is 0.168. The second-order valence-electron chi connectivity index (χ2n) is 5.15. The zero-order valence-electron chi connectivity index (χ0n) is 10.6. The lowest BCUT2D eigenvalue weighted by molar-refractivity contribution is -0.139. The summed E-state index contributed by atoms with van der Waals surface area (Å²) >= 11 is 0. The van der Waals surface area contributed by atoms with E-state index < -0.39 is 0 Å². The first kappa shape index (κ1) is 11.5. The fraction of sp³-hybridized carbons (Fsp3) is 0.571. The molecule has 0 aliphatic carbocycles. The van der Waals surface area contributed by atoms with Crippen LogP contribution in [0, 0.1) is 5.92 Å². The number of likely N-dealkylation sites (tertiary alicyclic amines) is 1. The lowest BCUT2D eigenvalue weighted by atomic mass is 9.95. The van der Waals surface area contributed by atoms with Crippen LogP contribution in [0.3, 0.4) is 0 Å². The Bertz CT molecular complexity index is 416. The van der Waals surface area contributed by atoms with Gasteiger partial charge in [-0.05, 0) is 31.4 Å². The van der Waals surface area contributed by atoms with Crippen molar-refractivity contribution in [1.29, 1.82) is 0 Å². The maximum atomic E-state index is 12.2. The largest absolute Gasteiger partial charge is 0.356 e. The maximum Gasteiger partial charge on any atom is 0.227 e. The summed E-state index contributed by atoms with van der Waals surface area (Å²) < 4.78 is 0. The van der Waals surface area contributed by atoms with Gasteiger partial charge in [0.05, 0.1) is 5.92 Å². The number of carbonyl (C=O) groups excluding carboxylic acids is 1. The number of anilines is 1. The highest BCUT2D eigenvalue weighted by Crippen LogP contribution is 2.24. The number of rotatable bonds is 2. The fourth-order valence-corrected chi connectivity index (χ4v) is 2.72. The topological polar surface area (TPSA) is 36.4 Å². The van der Waals surface area contributed by atoms with Crippen molar-refractivity contribution in [3.05, 3.63) is 24.4 Å². The lowest BCUT2D eigenvalue weighted by Gasteiger charge is -2.38. The van der Waals surface area contributed by atoms with Crippen LogP contribution in [0.25, 0.3) is 0 Å². The number of piperidine rings is 1. The summed E-state index contributed by atoms with van der Waals surface area (Å²) in [7, 11) is 0. The molecule has 2 saturated heterocycles. The molecule has 4 heteroatoms. The van der Waals surface area contributed by atoms with Gasteiger partial charge in [0.15, 0.2) is 0 Å². The Kier molecular flexibility index (Phi) is 3.17. The van der Waals surface area contributed by atoms with Crippen LogP contribution in [0.2, 0.25) is 0 Å². The van der Waals surface area contributed by atoms with Gasteiger partial charge in [0.2, 0.25) is 5.91 Å². The highest BCUT2D eigenvalue weighted by Gasteiger charge is 2.31. The Hall–Kier alpha value is -1.58. The molecule has 3 heterocycles. The molecule has 0 N–H and O–H groups in total. The first-order valence-electron chi connectivity index (χ1n) is 6.79. The number of pyridine rings is 1. The molecule has 0 bridgehead atoms. The SMILES string of the molecule is O=C(C1CCCN(c2ccccn2)C1)N1CCC1. The van der Waals surface area contributed by atoms with Gasteiger partial charge < -0.3 is 9.80 Å². The van der Waals surface area contributed by atoms with E-state index in [4.69, 9.17) is 0 Å². The summed E-state index contributed by atoms with van der Waals surface area (Å²) in [5, 5.41) is 0. The van der Waals surface area contributed by atoms with Gasteiger partial charge >= 0.3 is 0 Å². The summed E-state index contributed by atoms with van der Waals surface area (Å²) in [4.78, 5) is 20.8. The van der Waals surface area contributed by atoms with E-state index in [1.807, 2.05) is 29.3 Å². The molecule has 2 aliphatic rings. The van der Waals surface area contributed by atoms with Crippen molar-refractivity contribution in [2.45, 2.75) is 19.3 Å². The third-order valence-electron chi connectivity index (χ3n) is 3.91. The van der Waals surface area contributed by atoms with Crippen LogP contribution < -0.4 is 4.90 Å². The number of aromatic nitrogens is 1. The third kappa shape index (κ3) is 2.19. The number of nitrogens with zero attached hydrogens (tertiary/aromatic N) is 3. The van der Waals surface area contributed by atoms with Crippen LogP contribution in [0.4, 0.5) is 5.82 Å². The van der Waals surface area contributed by atoms with Crippen LogP contribution in [0.15, 0.2) is 24.4 Å². The van der Waals surface area contributed by atoms with Gasteiger partial charge in [0.1, 0.15) is 5.82 Å².